The Morgan fingerprint density at radius 1 is 1.00 bits per heavy atom. The zero-order chi connectivity index (χ0) is 22.5. The van der Waals surface area contributed by atoms with E-state index in [-0.39, 0.29) is 24.4 Å². The van der Waals surface area contributed by atoms with E-state index in [9.17, 15) is 9.90 Å². The number of halogens is 2. The predicted octanol–water partition coefficient (Wildman–Crippen LogP) is 6.82. The highest BCUT2D eigenvalue weighted by molar-refractivity contribution is 6.30. The Morgan fingerprint density at radius 2 is 1.78 bits per heavy atom. The summed E-state index contributed by atoms with van der Waals surface area (Å²) in [5.41, 5.74) is 3.09. The van der Waals surface area contributed by atoms with Gasteiger partial charge < -0.3 is 10.4 Å². The maximum atomic E-state index is 11.5. The van der Waals surface area contributed by atoms with E-state index < -0.39 is 5.97 Å². The first-order chi connectivity index (χ1) is 15.5. The molecule has 166 valence electrons. The van der Waals surface area contributed by atoms with Gasteiger partial charge in [-0.25, -0.2) is 0 Å². The number of aliphatic carboxylic acids is 1. The smallest absolute Gasteiger partial charge is 0.303 e. The van der Waals surface area contributed by atoms with Crippen LogP contribution in [0.5, 0.6) is 0 Å². The Hall–Kier alpha value is -2.40. The maximum Gasteiger partial charge on any atom is 0.303 e. The lowest BCUT2D eigenvalue weighted by Gasteiger charge is -2.33. The second-order valence-electron chi connectivity index (χ2n) is 8.36. The number of rotatable bonds is 10. The van der Waals surface area contributed by atoms with Crippen LogP contribution in [-0.2, 0) is 4.79 Å². The van der Waals surface area contributed by atoms with E-state index in [0.29, 0.717) is 22.4 Å². The van der Waals surface area contributed by atoms with Crippen molar-refractivity contribution in [3.63, 3.8) is 0 Å². The molecule has 6 heteroatoms. The van der Waals surface area contributed by atoms with Gasteiger partial charge in [0.15, 0.2) is 0 Å². The number of carboxylic acid groups (broad SMARTS) is 1. The Morgan fingerprint density at radius 3 is 2.41 bits per heavy atom. The van der Waals surface area contributed by atoms with Gasteiger partial charge in [-0.05, 0) is 72.7 Å². The van der Waals surface area contributed by atoms with Crippen molar-refractivity contribution in [2.45, 2.75) is 43.7 Å². The van der Waals surface area contributed by atoms with Crippen LogP contribution in [0.3, 0.4) is 0 Å². The van der Waals surface area contributed by atoms with Gasteiger partial charge in [-0.2, -0.15) is 0 Å². The molecular weight excluding hydrogens is 443 g/mol. The molecule has 0 radical (unpaired) electrons. The molecule has 32 heavy (non-hydrogen) atoms. The van der Waals surface area contributed by atoms with Gasteiger partial charge in [-0.1, -0.05) is 53.5 Å². The van der Waals surface area contributed by atoms with E-state index in [1.54, 1.807) is 0 Å². The number of nitrogens with zero attached hydrogens (tertiary/aromatic N) is 1. The molecule has 1 heterocycles. The van der Waals surface area contributed by atoms with Crippen molar-refractivity contribution < 1.29 is 9.90 Å². The molecule has 1 fully saturated rings. The van der Waals surface area contributed by atoms with Crippen molar-refractivity contribution in [3.8, 4) is 0 Å². The SMILES string of the molecule is O=C(O)CC[C@H](c1cccc(Cl)c1)[C@H](NC(c1ccccn1)C1CC1)c1ccc(Cl)cc1. The van der Waals surface area contributed by atoms with Gasteiger partial charge in [0, 0.05) is 34.6 Å². The average molecular weight is 469 g/mol. The van der Waals surface area contributed by atoms with Crippen LogP contribution >= 0.6 is 23.2 Å². The number of aromatic nitrogens is 1. The molecule has 3 atom stereocenters. The van der Waals surface area contributed by atoms with Crippen LogP contribution in [0, 0.1) is 5.92 Å². The monoisotopic (exact) mass is 468 g/mol. The lowest BCUT2D eigenvalue weighted by atomic mass is 9.83. The third-order valence-corrected chi connectivity index (χ3v) is 6.52. The summed E-state index contributed by atoms with van der Waals surface area (Å²) in [4.78, 5) is 16.1. The second-order valence-corrected chi connectivity index (χ2v) is 9.23. The number of hydrogen-bond acceptors (Lipinski definition) is 3. The van der Waals surface area contributed by atoms with Gasteiger partial charge in [0.05, 0.1) is 11.7 Å². The van der Waals surface area contributed by atoms with E-state index in [0.717, 1.165) is 29.7 Å². The molecule has 1 aliphatic rings. The van der Waals surface area contributed by atoms with E-state index in [1.165, 1.54) is 0 Å². The van der Waals surface area contributed by atoms with E-state index in [4.69, 9.17) is 23.2 Å². The second kappa shape index (κ2) is 10.5. The van der Waals surface area contributed by atoms with Crippen LogP contribution in [0.2, 0.25) is 10.0 Å². The van der Waals surface area contributed by atoms with Crippen LogP contribution in [0.15, 0.2) is 72.9 Å². The predicted molar refractivity (Wildman–Crippen MR) is 128 cm³/mol. The Labute approximate surface area is 198 Å². The summed E-state index contributed by atoms with van der Waals surface area (Å²) in [6, 6.07) is 21.5. The maximum absolute atomic E-state index is 11.5. The first-order valence-electron chi connectivity index (χ1n) is 10.9. The molecule has 1 aliphatic carbocycles. The quantitative estimate of drug-likeness (QED) is 0.342. The standard InChI is InChI=1S/C26H26Cl2N2O2/c27-20-11-9-17(10-12-20)25(30-26(18-7-8-18)23-6-1-2-15-29-23)22(13-14-24(31)32)19-4-3-5-21(28)16-19/h1-6,9-12,15-16,18,22,25-26,30H,7-8,13-14H2,(H,31,32)/t22-,25-,26?/m1/s1. The van der Waals surface area contributed by atoms with E-state index >= 15 is 0 Å². The molecule has 2 aromatic carbocycles. The van der Waals surface area contributed by atoms with Crippen molar-refractivity contribution in [2.24, 2.45) is 5.92 Å². The van der Waals surface area contributed by atoms with Crippen LogP contribution in [0.1, 0.15) is 60.5 Å². The molecule has 0 spiro atoms. The normalized spacial score (nSPS) is 16.3. The van der Waals surface area contributed by atoms with Crippen molar-refractivity contribution in [1.29, 1.82) is 0 Å². The summed E-state index contributed by atoms with van der Waals surface area (Å²) in [7, 11) is 0. The highest BCUT2D eigenvalue weighted by Crippen LogP contribution is 2.44. The summed E-state index contributed by atoms with van der Waals surface area (Å²) in [6.45, 7) is 0. The minimum Gasteiger partial charge on any atom is -0.481 e. The van der Waals surface area contributed by atoms with Gasteiger partial charge in [0.2, 0.25) is 0 Å². The lowest BCUT2D eigenvalue weighted by Crippen LogP contribution is -2.33. The van der Waals surface area contributed by atoms with Crippen LogP contribution in [0.25, 0.3) is 0 Å². The molecule has 4 nitrogen and oxygen atoms in total. The number of nitrogens with one attached hydrogen (secondary N) is 1. The third-order valence-electron chi connectivity index (χ3n) is 6.04. The molecule has 0 aliphatic heterocycles. The third kappa shape index (κ3) is 5.89. The summed E-state index contributed by atoms with van der Waals surface area (Å²) < 4.78 is 0. The molecule has 2 N–H and O–H groups in total. The zero-order valence-electron chi connectivity index (χ0n) is 17.6. The molecule has 0 bridgehead atoms. The molecule has 3 aromatic rings. The van der Waals surface area contributed by atoms with E-state index in [1.807, 2.05) is 66.9 Å². The Bertz CT molecular complexity index is 1040. The molecule has 1 aromatic heterocycles. The molecular formula is C26H26Cl2N2O2. The molecule has 0 saturated heterocycles. The number of carboxylic acids is 1. The van der Waals surface area contributed by atoms with Crippen LogP contribution in [0.4, 0.5) is 0 Å². The summed E-state index contributed by atoms with van der Waals surface area (Å²) in [5.74, 6) is -0.384. The Kier molecular flexibility index (Phi) is 7.46. The number of hydrogen-bond donors (Lipinski definition) is 2. The summed E-state index contributed by atoms with van der Waals surface area (Å²) in [6.07, 6.45) is 4.68. The fraction of sp³-hybridized carbons (Fsp3) is 0.308. The zero-order valence-corrected chi connectivity index (χ0v) is 19.1. The molecule has 4 rings (SSSR count). The van der Waals surface area contributed by atoms with Crippen LogP contribution < -0.4 is 5.32 Å². The van der Waals surface area contributed by atoms with Gasteiger partial charge in [0.25, 0.3) is 0 Å². The largest absolute Gasteiger partial charge is 0.481 e. The highest BCUT2D eigenvalue weighted by Gasteiger charge is 2.37. The molecule has 1 saturated carbocycles. The van der Waals surface area contributed by atoms with Crippen molar-refractivity contribution in [2.75, 3.05) is 0 Å². The number of benzene rings is 2. The first-order valence-corrected chi connectivity index (χ1v) is 11.7. The minimum absolute atomic E-state index is 0.0701. The fourth-order valence-corrected chi connectivity index (χ4v) is 4.63. The number of carbonyl (C=O) groups is 1. The first kappa shape index (κ1) is 22.8. The average Bonchev–Trinajstić information content (AvgIpc) is 3.62. The minimum atomic E-state index is -0.810. The topological polar surface area (TPSA) is 62.2 Å². The van der Waals surface area contributed by atoms with Crippen LogP contribution in [-0.4, -0.2) is 16.1 Å². The van der Waals surface area contributed by atoms with Crippen molar-refractivity contribution >= 4 is 29.2 Å². The van der Waals surface area contributed by atoms with Crippen molar-refractivity contribution in [1.82, 2.24) is 10.3 Å². The number of pyridine rings is 1. The summed E-state index contributed by atoms with van der Waals surface area (Å²) in [5, 5.41) is 14.6. The molecule has 1 unspecified atom stereocenters. The highest BCUT2D eigenvalue weighted by atomic mass is 35.5. The fourth-order valence-electron chi connectivity index (χ4n) is 4.30. The van der Waals surface area contributed by atoms with Gasteiger partial charge in [-0.15, -0.1) is 0 Å². The van der Waals surface area contributed by atoms with E-state index in [2.05, 4.69) is 16.4 Å². The van der Waals surface area contributed by atoms with Crippen molar-refractivity contribution in [3.05, 3.63) is 99.8 Å². The van der Waals surface area contributed by atoms with Gasteiger partial charge in [-0.3, -0.25) is 9.78 Å². The lowest BCUT2D eigenvalue weighted by molar-refractivity contribution is -0.137. The molecule has 0 amide bonds. The Balaban J connectivity index is 1.75. The summed E-state index contributed by atoms with van der Waals surface area (Å²) >= 11 is 12.5. The van der Waals surface area contributed by atoms with Gasteiger partial charge in [0.1, 0.15) is 0 Å². The van der Waals surface area contributed by atoms with Gasteiger partial charge >= 0.3 is 5.97 Å².